The molecule has 0 N–H and O–H groups in total. The Kier molecular flexibility index (Phi) is 2.58. The van der Waals surface area contributed by atoms with Crippen LogP contribution in [0.15, 0.2) is 24.3 Å². The highest BCUT2D eigenvalue weighted by atomic mass is 19.1. The van der Waals surface area contributed by atoms with E-state index in [4.69, 9.17) is 0 Å². The van der Waals surface area contributed by atoms with Gasteiger partial charge in [0.15, 0.2) is 0 Å². The van der Waals surface area contributed by atoms with E-state index in [9.17, 15) is 9.18 Å². The van der Waals surface area contributed by atoms with Gasteiger partial charge in [-0.05, 0) is 18.6 Å². The molecule has 0 bridgehead atoms. The largest absolute Gasteiger partial charge is 0.299 e. The Bertz CT molecular complexity index is 294. The standard InChI is InChI=1S/C10H11FO/c1-7(8(2)12)9-5-3-4-6-10(9)11/h3-7H,1-2H3/t7-/m1/s1. The number of benzene rings is 1. The maximum absolute atomic E-state index is 13.0. The van der Waals surface area contributed by atoms with Crippen LogP contribution in [-0.4, -0.2) is 5.78 Å². The predicted octanol–water partition coefficient (Wildman–Crippen LogP) is 2.52. The molecule has 64 valence electrons. The SMILES string of the molecule is CC(=O)[C@@H](C)c1ccccc1F. The zero-order valence-corrected chi connectivity index (χ0v) is 7.17. The van der Waals surface area contributed by atoms with E-state index < -0.39 is 0 Å². The van der Waals surface area contributed by atoms with Gasteiger partial charge in [-0.25, -0.2) is 4.39 Å². The third kappa shape index (κ3) is 1.70. The summed E-state index contributed by atoms with van der Waals surface area (Å²) in [7, 11) is 0. The van der Waals surface area contributed by atoms with Crippen molar-refractivity contribution < 1.29 is 9.18 Å². The van der Waals surface area contributed by atoms with Crippen molar-refractivity contribution in [2.24, 2.45) is 0 Å². The fourth-order valence-electron chi connectivity index (χ4n) is 1.05. The molecule has 1 aromatic rings. The first kappa shape index (κ1) is 8.91. The van der Waals surface area contributed by atoms with Crippen molar-refractivity contribution in [2.75, 3.05) is 0 Å². The van der Waals surface area contributed by atoms with E-state index in [-0.39, 0.29) is 17.5 Å². The Labute approximate surface area is 71.2 Å². The molecule has 0 aliphatic heterocycles. The summed E-state index contributed by atoms with van der Waals surface area (Å²) in [6, 6.07) is 6.36. The number of hydrogen-bond acceptors (Lipinski definition) is 1. The summed E-state index contributed by atoms with van der Waals surface area (Å²) in [4.78, 5) is 10.9. The maximum atomic E-state index is 13.0. The molecule has 0 unspecified atom stereocenters. The van der Waals surface area contributed by atoms with Gasteiger partial charge in [-0.15, -0.1) is 0 Å². The second-order valence-electron chi connectivity index (χ2n) is 2.85. The van der Waals surface area contributed by atoms with Gasteiger partial charge < -0.3 is 0 Å². The molecule has 1 rings (SSSR count). The predicted molar refractivity (Wildman–Crippen MR) is 45.5 cm³/mol. The maximum Gasteiger partial charge on any atom is 0.137 e. The Morgan fingerprint density at radius 3 is 2.50 bits per heavy atom. The van der Waals surface area contributed by atoms with Crippen LogP contribution in [-0.2, 0) is 4.79 Å². The van der Waals surface area contributed by atoms with Gasteiger partial charge in [-0.3, -0.25) is 4.79 Å². The molecule has 0 saturated carbocycles. The van der Waals surface area contributed by atoms with Crippen LogP contribution in [0.5, 0.6) is 0 Å². The summed E-state index contributed by atoms with van der Waals surface area (Å²) >= 11 is 0. The summed E-state index contributed by atoms with van der Waals surface area (Å²) in [5, 5.41) is 0. The van der Waals surface area contributed by atoms with Crippen molar-refractivity contribution in [2.45, 2.75) is 19.8 Å². The van der Waals surface area contributed by atoms with Crippen LogP contribution < -0.4 is 0 Å². The zero-order chi connectivity index (χ0) is 9.14. The number of carbonyl (C=O) groups is 1. The number of halogens is 1. The van der Waals surface area contributed by atoms with E-state index in [0.29, 0.717) is 5.56 Å². The Morgan fingerprint density at radius 2 is 2.00 bits per heavy atom. The van der Waals surface area contributed by atoms with Crippen molar-refractivity contribution in [1.29, 1.82) is 0 Å². The second-order valence-corrected chi connectivity index (χ2v) is 2.85. The summed E-state index contributed by atoms with van der Waals surface area (Å²) < 4.78 is 13.0. The number of rotatable bonds is 2. The fourth-order valence-corrected chi connectivity index (χ4v) is 1.05. The van der Waals surface area contributed by atoms with Gasteiger partial charge in [0.25, 0.3) is 0 Å². The topological polar surface area (TPSA) is 17.1 Å². The molecule has 1 aromatic carbocycles. The molecular formula is C10H11FO. The zero-order valence-electron chi connectivity index (χ0n) is 7.17. The molecular weight excluding hydrogens is 155 g/mol. The lowest BCUT2D eigenvalue weighted by molar-refractivity contribution is -0.118. The Balaban J connectivity index is 3.02. The minimum atomic E-state index is -0.341. The van der Waals surface area contributed by atoms with Crippen molar-refractivity contribution in [3.05, 3.63) is 35.6 Å². The lowest BCUT2D eigenvalue weighted by Gasteiger charge is -2.07. The molecule has 0 aliphatic carbocycles. The highest BCUT2D eigenvalue weighted by molar-refractivity contribution is 5.82. The van der Waals surface area contributed by atoms with Gasteiger partial charge in [0.05, 0.1) is 0 Å². The number of carbonyl (C=O) groups excluding carboxylic acids is 1. The molecule has 1 atom stereocenters. The van der Waals surface area contributed by atoms with E-state index >= 15 is 0 Å². The van der Waals surface area contributed by atoms with Gasteiger partial charge in [-0.1, -0.05) is 25.1 Å². The third-order valence-electron chi connectivity index (χ3n) is 1.98. The molecule has 0 fully saturated rings. The average Bonchev–Trinajstić information content (AvgIpc) is 2.04. The normalized spacial score (nSPS) is 12.6. The van der Waals surface area contributed by atoms with E-state index in [1.54, 1.807) is 25.1 Å². The van der Waals surface area contributed by atoms with Crippen molar-refractivity contribution in [1.82, 2.24) is 0 Å². The smallest absolute Gasteiger partial charge is 0.137 e. The minimum Gasteiger partial charge on any atom is -0.299 e. The van der Waals surface area contributed by atoms with Crippen LogP contribution in [0, 0.1) is 5.82 Å². The van der Waals surface area contributed by atoms with Crippen LogP contribution in [0.4, 0.5) is 4.39 Å². The average molecular weight is 166 g/mol. The molecule has 0 amide bonds. The molecule has 2 heteroatoms. The highest BCUT2D eigenvalue weighted by Gasteiger charge is 2.13. The molecule has 0 spiro atoms. The molecule has 0 heterocycles. The monoisotopic (exact) mass is 166 g/mol. The Morgan fingerprint density at radius 1 is 1.42 bits per heavy atom. The number of hydrogen-bond donors (Lipinski definition) is 0. The van der Waals surface area contributed by atoms with E-state index in [1.165, 1.54) is 13.0 Å². The van der Waals surface area contributed by atoms with Crippen molar-refractivity contribution >= 4 is 5.78 Å². The van der Waals surface area contributed by atoms with Gasteiger partial charge in [-0.2, -0.15) is 0 Å². The molecule has 0 radical (unpaired) electrons. The van der Waals surface area contributed by atoms with Crippen molar-refractivity contribution in [3.8, 4) is 0 Å². The van der Waals surface area contributed by atoms with E-state index in [2.05, 4.69) is 0 Å². The van der Waals surface area contributed by atoms with E-state index in [0.717, 1.165) is 0 Å². The minimum absolute atomic E-state index is 0.0138. The first-order valence-corrected chi connectivity index (χ1v) is 3.88. The summed E-state index contributed by atoms with van der Waals surface area (Å²) in [5.41, 5.74) is 0.477. The van der Waals surface area contributed by atoms with Gasteiger partial charge in [0, 0.05) is 5.92 Å². The quantitative estimate of drug-likeness (QED) is 0.659. The summed E-state index contributed by atoms with van der Waals surface area (Å²) in [6.45, 7) is 3.18. The summed E-state index contributed by atoms with van der Waals surface area (Å²) in [6.07, 6.45) is 0. The molecule has 1 nitrogen and oxygen atoms in total. The van der Waals surface area contributed by atoms with Crippen LogP contribution in [0.2, 0.25) is 0 Å². The fraction of sp³-hybridized carbons (Fsp3) is 0.300. The lowest BCUT2D eigenvalue weighted by atomic mass is 9.97. The molecule has 0 aliphatic rings. The van der Waals surface area contributed by atoms with Gasteiger partial charge in [0.2, 0.25) is 0 Å². The molecule has 0 aromatic heterocycles. The number of Topliss-reactive ketones (excluding diaryl/α,β-unsaturated/α-hetero) is 1. The first-order chi connectivity index (χ1) is 5.63. The van der Waals surface area contributed by atoms with E-state index in [1.807, 2.05) is 0 Å². The van der Waals surface area contributed by atoms with Crippen molar-refractivity contribution in [3.63, 3.8) is 0 Å². The number of ketones is 1. The first-order valence-electron chi connectivity index (χ1n) is 3.88. The van der Waals surface area contributed by atoms with Crippen LogP contribution in [0.3, 0.4) is 0 Å². The van der Waals surface area contributed by atoms with Gasteiger partial charge in [0.1, 0.15) is 11.6 Å². The lowest BCUT2D eigenvalue weighted by Crippen LogP contribution is -2.05. The molecule has 12 heavy (non-hydrogen) atoms. The van der Waals surface area contributed by atoms with Gasteiger partial charge >= 0.3 is 0 Å². The summed E-state index contributed by atoms with van der Waals surface area (Å²) in [5.74, 6) is -0.661. The molecule has 0 saturated heterocycles. The van der Waals surface area contributed by atoms with Crippen LogP contribution in [0.25, 0.3) is 0 Å². The Hall–Kier alpha value is -1.18. The van der Waals surface area contributed by atoms with Crippen LogP contribution >= 0.6 is 0 Å². The second kappa shape index (κ2) is 3.48. The highest BCUT2D eigenvalue weighted by Crippen LogP contribution is 2.18. The third-order valence-corrected chi connectivity index (χ3v) is 1.98. The van der Waals surface area contributed by atoms with Crippen LogP contribution in [0.1, 0.15) is 25.3 Å².